The van der Waals surface area contributed by atoms with Crippen molar-refractivity contribution in [3.63, 3.8) is 0 Å². The molecule has 0 atom stereocenters. The lowest BCUT2D eigenvalue weighted by atomic mass is 10.1. The quantitative estimate of drug-likeness (QED) is 0.906. The van der Waals surface area contributed by atoms with Crippen molar-refractivity contribution in [2.24, 2.45) is 5.73 Å². The van der Waals surface area contributed by atoms with Gasteiger partial charge in [0.15, 0.2) is 0 Å². The molecule has 2 amide bonds. The molecule has 0 saturated carbocycles. The van der Waals surface area contributed by atoms with E-state index in [4.69, 9.17) is 5.73 Å². The number of aryl methyl sites for hydroxylation is 1. The molecule has 4 nitrogen and oxygen atoms in total. The van der Waals surface area contributed by atoms with Crippen LogP contribution in [-0.4, -0.2) is 11.8 Å². The normalized spacial score (nSPS) is 10.1. The molecular weight excluding hydrogens is 320 g/mol. The smallest absolute Gasteiger partial charge is 0.255 e. The fourth-order valence-electron chi connectivity index (χ4n) is 1.74. The fraction of sp³-hybridized carbons (Fsp3) is 0.0667. The SMILES string of the molecule is Cc1ccc(C(=O)Nc2ccccc2C(N)=O)cc1Br. The van der Waals surface area contributed by atoms with Gasteiger partial charge in [0, 0.05) is 10.0 Å². The van der Waals surface area contributed by atoms with E-state index in [0.717, 1.165) is 10.0 Å². The van der Waals surface area contributed by atoms with Crippen molar-refractivity contribution >= 4 is 33.4 Å². The van der Waals surface area contributed by atoms with Crippen LogP contribution in [0.3, 0.4) is 0 Å². The number of carbonyl (C=O) groups is 2. The van der Waals surface area contributed by atoms with E-state index in [1.165, 1.54) is 0 Å². The zero-order chi connectivity index (χ0) is 14.7. The third-order valence-electron chi connectivity index (χ3n) is 2.87. The minimum Gasteiger partial charge on any atom is -0.366 e. The first-order valence-electron chi connectivity index (χ1n) is 5.95. The van der Waals surface area contributed by atoms with Crippen molar-refractivity contribution in [2.45, 2.75) is 6.92 Å². The van der Waals surface area contributed by atoms with Crippen LogP contribution < -0.4 is 11.1 Å². The van der Waals surface area contributed by atoms with Gasteiger partial charge in [-0.15, -0.1) is 0 Å². The highest BCUT2D eigenvalue weighted by atomic mass is 79.9. The Kier molecular flexibility index (Phi) is 4.20. The van der Waals surface area contributed by atoms with Gasteiger partial charge in [-0.25, -0.2) is 0 Å². The van der Waals surface area contributed by atoms with Gasteiger partial charge in [0.25, 0.3) is 11.8 Å². The van der Waals surface area contributed by atoms with Crippen LogP contribution in [-0.2, 0) is 0 Å². The average Bonchev–Trinajstić information content (AvgIpc) is 2.42. The van der Waals surface area contributed by atoms with Gasteiger partial charge in [-0.05, 0) is 36.8 Å². The first kappa shape index (κ1) is 14.3. The summed E-state index contributed by atoms with van der Waals surface area (Å²) in [7, 11) is 0. The van der Waals surface area contributed by atoms with Gasteiger partial charge < -0.3 is 11.1 Å². The molecule has 2 aromatic carbocycles. The topological polar surface area (TPSA) is 72.2 Å². The number of benzene rings is 2. The maximum absolute atomic E-state index is 12.2. The molecule has 102 valence electrons. The summed E-state index contributed by atoms with van der Waals surface area (Å²) in [6, 6.07) is 11.9. The second-order valence-corrected chi connectivity index (χ2v) is 5.18. The largest absolute Gasteiger partial charge is 0.366 e. The summed E-state index contributed by atoms with van der Waals surface area (Å²) in [4.78, 5) is 23.5. The van der Waals surface area contributed by atoms with Gasteiger partial charge in [-0.2, -0.15) is 0 Å². The zero-order valence-electron chi connectivity index (χ0n) is 10.8. The van der Waals surface area contributed by atoms with E-state index in [9.17, 15) is 9.59 Å². The number of hydrogen-bond donors (Lipinski definition) is 2. The van der Waals surface area contributed by atoms with E-state index in [2.05, 4.69) is 21.2 Å². The van der Waals surface area contributed by atoms with E-state index in [-0.39, 0.29) is 11.5 Å². The van der Waals surface area contributed by atoms with E-state index in [1.807, 2.05) is 13.0 Å². The molecule has 0 spiro atoms. The molecule has 0 radical (unpaired) electrons. The minimum atomic E-state index is -0.578. The number of nitrogens with two attached hydrogens (primary N) is 1. The predicted octanol–water partition coefficient (Wildman–Crippen LogP) is 3.11. The van der Waals surface area contributed by atoms with Crippen molar-refractivity contribution < 1.29 is 9.59 Å². The van der Waals surface area contributed by atoms with Crippen LogP contribution in [0.2, 0.25) is 0 Å². The van der Waals surface area contributed by atoms with Crippen LogP contribution in [0, 0.1) is 6.92 Å². The van der Waals surface area contributed by atoms with E-state index >= 15 is 0 Å². The molecule has 20 heavy (non-hydrogen) atoms. The Morgan fingerprint density at radius 3 is 2.50 bits per heavy atom. The summed E-state index contributed by atoms with van der Waals surface area (Å²) < 4.78 is 0.855. The summed E-state index contributed by atoms with van der Waals surface area (Å²) in [5, 5.41) is 2.69. The predicted molar refractivity (Wildman–Crippen MR) is 81.8 cm³/mol. The van der Waals surface area contributed by atoms with Crippen LogP contribution >= 0.6 is 15.9 Å². The molecular formula is C15H13BrN2O2. The maximum Gasteiger partial charge on any atom is 0.255 e. The Balaban J connectivity index is 2.28. The van der Waals surface area contributed by atoms with Crippen molar-refractivity contribution in [3.05, 3.63) is 63.6 Å². The molecule has 0 heterocycles. The van der Waals surface area contributed by atoms with Crippen LogP contribution in [0.25, 0.3) is 0 Å². The number of anilines is 1. The fourth-order valence-corrected chi connectivity index (χ4v) is 2.11. The molecule has 2 aromatic rings. The first-order chi connectivity index (χ1) is 9.49. The molecule has 0 aliphatic heterocycles. The number of hydrogen-bond acceptors (Lipinski definition) is 2. The number of halogens is 1. The van der Waals surface area contributed by atoms with E-state index in [0.29, 0.717) is 11.3 Å². The monoisotopic (exact) mass is 332 g/mol. The lowest BCUT2D eigenvalue weighted by Gasteiger charge is -2.09. The molecule has 2 rings (SSSR count). The minimum absolute atomic E-state index is 0.284. The van der Waals surface area contributed by atoms with Gasteiger partial charge >= 0.3 is 0 Å². The van der Waals surface area contributed by atoms with Gasteiger partial charge in [-0.1, -0.05) is 34.1 Å². The van der Waals surface area contributed by atoms with Gasteiger partial charge in [0.05, 0.1) is 11.3 Å². The van der Waals surface area contributed by atoms with Crippen molar-refractivity contribution in [1.29, 1.82) is 0 Å². The molecule has 0 unspecified atom stereocenters. The Labute approximate surface area is 125 Å². The highest BCUT2D eigenvalue weighted by Gasteiger charge is 2.12. The molecule has 5 heteroatoms. The molecule has 3 N–H and O–H groups in total. The molecule has 0 aliphatic carbocycles. The lowest BCUT2D eigenvalue weighted by Crippen LogP contribution is -2.18. The number of primary amides is 1. The van der Waals surface area contributed by atoms with E-state index < -0.39 is 5.91 Å². The van der Waals surface area contributed by atoms with Crippen LogP contribution in [0.5, 0.6) is 0 Å². The van der Waals surface area contributed by atoms with Gasteiger partial charge in [0.1, 0.15) is 0 Å². The zero-order valence-corrected chi connectivity index (χ0v) is 12.4. The van der Waals surface area contributed by atoms with Crippen molar-refractivity contribution in [1.82, 2.24) is 0 Å². The Hall–Kier alpha value is -2.14. The third-order valence-corrected chi connectivity index (χ3v) is 3.73. The summed E-state index contributed by atoms with van der Waals surface area (Å²) in [6.07, 6.45) is 0. The summed E-state index contributed by atoms with van der Waals surface area (Å²) in [5.41, 5.74) is 7.51. The molecule has 0 fully saturated rings. The Bertz CT molecular complexity index is 683. The lowest BCUT2D eigenvalue weighted by molar-refractivity contribution is 0.100. The Morgan fingerprint density at radius 1 is 1.15 bits per heavy atom. The highest BCUT2D eigenvalue weighted by Crippen LogP contribution is 2.20. The summed E-state index contributed by atoms with van der Waals surface area (Å²) in [6.45, 7) is 1.94. The van der Waals surface area contributed by atoms with Gasteiger partial charge in [0.2, 0.25) is 0 Å². The summed E-state index contributed by atoms with van der Waals surface area (Å²) >= 11 is 3.38. The number of rotatable bonds is 3. The van der Waals surface area contributed by atoms with Crippen LogP contribution in [0.15, 0.2) is 46.9 Å². The number of carbonyl (C=O) groups excluding carboxylic acids is 2. The van der Waals surface area contributed by atoms with E-state index in [1.54, 1.807) is 36.4 Å². The third kappa shape index (κ3) is 3.05. The number of amides is 2. The maximum atomic E-state index is 12.2. The molecule has 0 aliphatic rings. The number of nitrogens with one attached hydrogen (secondary N) is 1. The van der Waals surface area contributed by atoms with Crippen molar-refractivity contribution in [3.8, 4) is 0 Å². The Morgan fingerprint density at radius 2 is 1.85 bits per heavy atom. The molecule has 0 bridgehead atoms. The summed E-state index contributed by atoms with van der Waals surface area (Å²) in [5.74, 6) is -0.870. The van der Waals surface area contributed by atoms with Crippen molar-refractivity contribution in [2.75, 3.05) is 5.32 Å². The highest BCUT2D eigenvalue weighted by molar-refractivity contribution is 9.10. The number of para-hydroxylation sites is 1. The molecule has 0 aromatic heterocycles. The average molecular weight is 333 g/mol. The van der Waals surface area contributed by atoms with Gasteiger partial charge in [-0.3, -0.25) is 9.59 Å². The molecule has 0 saturated heterocycles. The second kappa shape index (κ2) is 5.88. The standard InChI is InChI=1S/C15H13BrN2O2/c1-9-6-7-10(8-12(9)16)15(20)18-13-5-3-2-4-11(13)14(17)19/h2-8H,1H3,(H2,17,19)(H,18,20). The van der Waals surface area contributed by atoms with Crippen LogP contribution in [0.1, 0.15) is 26.3 Å². The first-order valence-corrected chi connectivity index (χ1v) is 6.74. The van der Waals surface area contributed by atoms with Crippen LogP contribution in [0.4, 0.5) is 5.69 Å². The second-order valence-electron chi connectivity index (χ2n) is 4.33.